The molecule has 1 aromatic carbocycles. The van der Waals surface area contributed by atoms with Crippen LogP contribution in [0.15, 0.2) is 48.5 Å². The number of carbonyl (C=O) groups excluding carboxylic acids is 1. The smallest absolute Gasteiger partial charge is 0.272 e. The molecule has 3 aromatic rings. The van der Waals surface area contributed by atoms with E-state index >= 15 is 0 Å². The fraction of sp³-hybridized carbons (Fsp3) is 0.364. The molecule has 2 aliphatic rings. The number of hydrogen-bond donors (Lipinski definition) is 1. The highest BCUT2D eigenvalue weighted by Gasteiger charge is 2.25. The number of nitrogens with zero attached hydrogens (tertiary/aromatic N) is 6. The molecule has 2 aliphatic heterocycles. The van der Waals surface area contributed by atoms with Crippen LogP contribution in [0, 0.1) is 0 Å². The Labute approximate surface area is 180 Å². The second-order valence-corrected chi connectivity index (χ2v) is 7.66. The first kappa shape index (κ1) is 19.5. The van der Waals surface area contributed by atoms with Gasteiger partial charge in [0.2, 0.25) is 0 Å². The predicted octanol–water partition coefficient (Wildman–Crippen LogP) is 1.67. The molecular weight excluding hydrogens is 394 g/mol. The van der Waals surface area contributed by atoms with Crippen molar-refractivity contribution in [3.8, 4) is 11.3 Å². The third-order valence-electron chi connectivity index (χ3n) is 5.74. The first-order valence-corrected chi connectivity index (χ1v) is 10.6. The number of nitrogens with one attached hydrogen (secondary N) is 1. The normalized spacial score (nSPS) is 17.1. The molecule has 0 aliphatic carbocycles. The van der Waals surface area contributed by atoms with Crippen LogP contribution in [0.5, 0.6) is 0 Å². The van der Waals surface area contributed by atoms with Gasteiger partial charge >= 0.3 is 0 Å². The summed E-state index contributed by atoms with van der Waals surface area (Å²) >= 11 is 0. The second kappa shape index (κ2) is 8.73. The van der Waals surface area contributed by atoms with E-state index in [1.807, 2.05) is 53.4 Å². The summed E-state index contributed by atoms with van der Waals surface area (Å²) in [6.45, 7) is 5.83. The first-order valence-electron chi connectivity index (χ1n) is 10.6. The first-order chi connectivity index (χ1) is 15.3. The highest BCUT2D eigenvalue weighted by atomic mass is 16.5. The summed E-state index contributed by atoms with van der Waals surface area (Å²) in [7, 11) is 0. The van der Waals surface area contributed by atoms with Crippen LogP contribution >= 0.6 is 0 Å². The summed E-state index contributed by atoms with van der Waals surface area (Å²) in [5, 5.41) is 16.0. The van der Waals surface area contributed by atoms with E-state index in [0.29, 0.717) is 18.8 Å². The third-order valence-corrected chi connectivity index (χ3v) is 5.74. The monoisotopic (exact) mass is 419 g/mol. The standard InChI is InChI=1S/C22H25N7O2/c30-22(19-16-18(23-24-19)17-4-2-1-3-5-17)29-10-8-27(9-11-29)20-6-7-21(26-25-20)28-12-14-31-15-13-28/h1-7,16H,8-15H2,(H,23,24). The lowest BCUT2D eigenvalue weighted by Crippen LogP contribution is -2.49. The Bertz CT molecular complexity index is 1010. The molecule has 1 amide bonds. The van der Waals surface area contributed by atoms with E-state index in [4.69, 9.17) is 4.74 Å². The Morgan fingerprint density at radius 1 is 0.839 bits per heavy atom. The molecular formula is C22H25N7O2. The predicted molar refractivity (Wildman–Crippen MR) is 117 cm³/mol. The number of hydrogen-bond acceptors (Lipinski definition) is 7. The van der Waals surface area contributed by atoms with Gasteiger partial charge in [-0.25, -0.2) is 0 Å². The lowest BCUT2D eigenvalue weighted by molar-refractivity contribution is 0.0740. The molecule has 31 heavy (non-hydrogen) atoms. The summed E-state index contributed by atoms with van der Waals surface area (Å²) in [5.74, 6) is 1.70. The fourth-order valence-electron chi connectivity index (χ4n) is 3.95. The van der Waals surface area contributed by atoms with Crippen LogP contribution in [0.2, 0.25) is 0 Å². The molecule has 9 heteroatoms. The van der Waals surface area contributed by atoms with Gasteiger partial charge in [-0.05, 0) is 18.2 Å². The lowest BCUT2D eigenvalue weighted by atomic mass is 10.1. The van der Waals surface area contributed by atoms with Crippen molar-refractivity contribution >= 4 is 17.5 Å². The van der Waals surface area contributed by atoms with Gasteiger partial charge in [0.05, 0.1) is 18.9 Å². The molecule has 0 atom stereocenters. The van der Waals surface area contributed by atoms with Gasteiger partial charge < -0.3 is 19.4 Å². The van der Waals surface area contributed by atoms with E-state index in [-0.39, 0.29) is 5.91 Å². The number of H-pyrrole nitrogens is 1. The van der Waals surface area contributed by atoms with Gasteiger partial charge in [-0.2, -0.15) is 5.10 Å². The van der Waals surface area contributed by atoms with Gasteiger partial charge in [-0.1, -0.05) is 30.3 Å². The summed E-state index contributed by atoms with van der Waals surface area (Å²) in [6, 6.07) is 15.7. The second-order valence-electron chi connectivity index (χ2n) is 7.66. The molecule has 1 N–H and O–H groups in total. The Balaban J connectivity index is 1.18. The quantitative estimate of drug-likeness (QED) is 0.688. The summed E-state index contributed by atoms with van der Waals surface area (Å²) < 4.78 is 5.39. The molecule has 9 nitrogen and oxygen atoms in total. The summed E-state index contributed by atoms with van der Waals surface area (Å²) in [4.78, 5) is 19.1. The molecule has 2 aromatic heterocycles. The number of benzene rings is 1. The number of piperazine rings is 1. The Hall–Kier alpha value is -3.46. The number of morpholine rings is 1. The molecule has 0 spiro atoms. The maximum Gasteiger partial charge on any atom is 0.272 e. The number of aromatic amines is 1. The molecule has 160 valence electrons. The maximum absolute atomic E-state index is 12.9. The SMILES string of the molecule is O=C(c1cc(-c2ccccc2)n[nH]1)N1CCN(c2ccc(N3CCOCC3)nn2)CC1. The van der Waals surface area contributed by atoms with Crippen LogP contribution < -0.4 is 9.80 Å². The average Bonchev–Trinajstić information content (AvgIpc) is 3.35. The van der Waals surface area contributed by atoms with E-state index in [1.165, 1.54) is 0 Å². The zero-order valence-electron chi connectivity index (χ0n) is 17.3. The Morgan fingerprint density at radius 2 is 1.48 bits per heavy atom. The highest BCUT2D eigenvalue weighted by Crippen LogP contribution is 2.20. The van der Waals surface area contributed by atoms with Crippen LogP contribution in [-0.4, -0.2) is 83.7 Å². The maximum atomic E-state index is 12.9. The number of aromatic nitrogens is 4. The molecule has 2 saturated heterocycles. The summed E-state index contributed by atoms with van der Waals surface area (Å²) in [5.41, 5.74) is 2.28. The highest BCUT2D eigenvalue weighted by molar-refractivity contribution is 5.93. The molecule has 2 fully saturated rings. The fourth-order valence-corrected chi connectivity index (χ4v) is 3.95. The van der Waals surface area contributed by atoms with Gasteiger partial charge in [0, 0.05) is 44.8 Å². The van der Waals surface area contributed by atoms with E-state index in [2.05, 4.69) is 30.2 Å². The van der Waals surface area contributed by atoms with Gasteiger partial charge in [0.1, 0.15) is 5.69 Å². The number of amides is 1. The Kier molecular flexibility index (Phi) is 5.49. The van der Waals surface area contributed by atoms with Crippen molar-refractivity contribution in [1.82, 2.24) is 25.3 Å². The van der Waals surface area contributed by atoms with E-state index in [1.54, 1.807) is 0 Å². The molecule has 0 saturated carbocycles. The van der Waals surface area contributed by atoms with Crippen molar-refractivity contribution in [1.29, 1.82) is 0 Å². The van der Waals surface area contributed by atoms with Crippen LogP contribution in [0.1, 0.15) is 10.5 Å². The van der Waals surface area contributed by atoms with Crippen LogP contribution in [-0.2, 0) is 4.74 Å². The van der Waals surface area contributed by atoms with E-state index in [0.717, 1.165) is 62.3 Å². The zero-order valence-corrected chi connectivity index (χ0v) is 17.3. The number of ether oxygens (including phenoxy) is 1. The van der Waals surface area contributed by atoms with Gasteiger partial charge in [0.15, 0.2) is 11.6 Å². The molecule has 0 radical (unpaired) electrons. The van der Waals surface area contributed by atoms with Gasteiger partial charge in [-0.15, -0.1) is 10.2 Å². The Morgan fingerprint density at radius 3 is 2.13 bits per heavy atom. The van der Waals surface area contributed by atoms with Crippen molar-refractivity contribution in [2.45, 2.75) is 0 Å². The van der Waals surface area contributed by atoms with E-state index in [9.17, 15) is 4.79 Å². The molecule has 0 unspecified atom stereocenters. The van der Waals surface area contributed by atoms with Gasteiger partial charge in [0.25, 0.3) is 5.91 Å². The van der Waals surface area contributed by atoms with E-state index < -0.39 is 0 Å². The molecule has 5 rings (SSSR count). The van der Waals surface area contributed by atoms with Crippen molar-refractivity contribution in [3.05, 3.63) is 54.2 Å². The van der Waals surface area contributed by atoms with Crippen LogP contribution in [0.3, 0.4) is 0 Å². The minimum absolute atomic E-state index is 0.0249. The lowest BCUT2D eigenvalue weighted by Gasteiger charge is -2.35. The molecule has 4 heterocycles. The number of anilines is 2. The van der Waals surface area contributed by atoms with Crippen LogP contribution in [0.25, 0.3) is 11.3 Å². The van der Waals surface area contributed by atoms with Gasteiger partial charge in [-0.3, -0.25) is 9.89 Å². The average molecular weight is 419 g/mol. The largest absolute Gasteiger partial charge is 0.378 e. The van der Waals surface area contributed by atoms with Crippen molar-refractivity contribution in [2.24, 2.45) is 0 Å². The number of rotatable bonds is 4. The van der Waals surface area contributed by atoms with Crippen molar-refractivity contribution in [3.63, 3.8) is 0 Å². The minimum Gasteiger partial charge on any atom is -0.378 e. The topological polar surface area (TPSA) is 90.5 Å². The minimum atomic E-state index is -0.0249. The molecule has 0 bridgehead atoms. The van der Waals surface area contributed by atoms with Crippen molar-refractivity contribution in [2.75, 3.05) is 62.3 Å². The zero-order chi connectivity index (χ0) is 21.0. The van der Waals surface area contributed by atoms with Crippen molar-refractivity contribution < 1.29 is 9.53 Å². The third kappa shape index (κ3) is 4.22. The summed E-state index contributed by atoms with van der Waals surface area (Å²) in [6.07, 6.45) is 0. The van der Waals surface area contributed by atoms with Crippen LogP contribution in [0.4, 0.5) is 11.6 Å². The number of carbonyl (C=O) groups is 1.